The van der Waals surface area contributed by atoms with Gasteiger partial charge in [0, 0.05) is 12.8 Å². The molecule has 1 aliphatic heterocycles. The van der Waals surface area contributed by atoms with Crippen LogP contribution in [0.25, 0.3) is 0 Å². The van der Waals surface area contributed by atoms with Crippen molar-refractivity contribution in [1.82, 2.24) is 0 Å². The summed E-state index contributed by atoms with van der Waals surface area (Å²) < 4.78 is 49.3. The molecule has 0 aromatic heterocycles. The SMILES string of the molecule is NCC1(C2CCS(=O)(=O)C2)CCC(F)(F)CC1. The third-order valence-corrected chi connectivity index (χ3v) is 6.25. The maximum atomic E-state index is 13.2. The third kappa shape index (κ3) is 2.62. The minimum absolute atomic E-state index is 0.0198. The Balaban J connectivity index is 2.12. The van der Waals surface area contributed by atoms with Gasteiger partial charge in [-0.05, 0) is 37.1 Å². The van der Waals surface area contributed by atoms with Gasteiger partial charge in [-0.2, -0.15) is 0 Å². The molecule has 0 aromatic carbocycles. The molecule has 17 heavy (non-hydrogen) atoms. The smallest absolute Gasteiger partial charge is 0.248 e. The van der Waals surface area contributed by atoms with Gasteiger partial charge in [0.25, 0.3) is 0 Å². The molecule has 1 saturated carbocycles. The lowest BCUT2D eigenvalue weighted by Gasteiger charge is -2.43. The van der Waals surface area contributed by atoms with Crippen LogP contribution >= 0.6 is 0 Å². The number of halogens is 2. The van der Waals surface area contributed by atoms with E-state index in [1.165, 1.54) is 0 Å². The normalized spacial score (nSPS) is 34.6. The largest absolute Gasteiger partial charge is 0.330 e. The number of hydrogen-bond acceptors (Lipinski definition) is 3. The second kappa shape index (κ2) is 4.16. The molecular weight excluding hydrogens is 248 g/mol. The quantitative estimate of drug-likeness (QED) is 0.826. The fourth-order valence-electron chi connectivity index (χ4n) is 3.17. The lowest BCUT2D eigenvalue weighted by Crippen LogP contribution is -2.44. The summed E-state index contributed by atoms with van der Waals surface area (Å²) in [7, 11) is -2.96. The first-order valence-corrected chi connectivity index (χ1v) is 7.89. The van der Waals surface area contributed by atoms with Crippen LogP contribution in [0.2, 0.25) is 0 Å². The monoisotopic (exact) mass is 267 g/mol. The minimum atomic E-state index is -2.96. The van der Waals surface area contributed by atoms with E-state index in [1.807, 2.05) is 0 Å². The highest BCUT2D eigenvalue weighted by Gasteiger charge is 2.49. The minimum Gasteiger partial charge on any atom is -0.330 e. The van der Waals surface area contributed by atoms with E-state index in [0.29, 0.717) is 25.8 Å². The molecule has 100 valence electrons. The van der Waals surface area contributed by atoms with E-state index in [1.54, 1.807) is 0 Å². The number of nitrogens with two attached hydrogens (primary N) is 1. The van der Waals surface area contributed by atoms with Crippen molar-refractivity contribution in [2.24, 2.45) is 17.1 Å². The Morgan fingerprint density at radius 3 is 2.18 bits per heavy atom. The van der Waals surface area contributed by atoms with E-state index in [0.717, 1.165) is 0 Å². The van der Waals surface area contributed by atoms with E-state index in [2.05, 4.69) is 0 Å². The Morgan fingerprint density at radius 1 is 1.18 bits per heavy atom. The van der Waals surface area contributed by atoms with Crippen LogP contribution < -0.4 is 5.73 Å². The Morgan fingerprint density at radius 2 is 1.76 bits per heavy atom. The van der Waals surface area contributed by atoms with E-state index in [9.17, 15) is 17.2 Å². The second-order valence-corrected chi connectivity index (χ2v) is 7.75. The third-order valence-electron chi connectivity index (χ3n) is 4.48. The zero-order chi connectivity index (χ0) is 12.7. The van der Waals surface area contributed by atoms with Crippen molar-refractivity contribution in [1.29, 1.82) is 0 Å². The van der Waals surface area contributed by atoms with Gasteiger partial charge in [-0.3, -0.25) is 0 Å². The molecule has 2 N–H and O–H groups in total. The maximum Gasteiger partial charge on any atom is 0.248 e. The molecule has 3 nitrogen and oxygen atoms in total. The Kier molecular flexibility index (Phi) is 3.23. The van der Waals surface area contributed by atoms with Crippen LogP contribution in [0.15, 0.2) is 0 Å². The van der Waals surface area contributed by atoms with Crippen LogP contribution in [0.1, 0.15) is 32.1 Å². The molecule has 2 aliphatic rings. The highest BCUT2D eigenvalue weighted by atomic mass is 32.2. The van der Waals surface area contributed by atoms with Gasteiger partial charge >= 0.3 is 0 Å². The van der Waals surface area contributed by atoms with Gasteiger partial charge in [0.1, 0.15) is 0 Å². The average Bonchev–Trinajstić information content (AvgIpc) is 2.60. The van der Waals surface area contributed by atoms with Crippen LogP contribution in [-0.4, -0.2) is 32.4 Å². The molecule has 1 aliphatic carbocycles. The van der Waals surface area contributed by atoms with Crippen molar-refractivity contribution in [2.45, 2.75) is 38.0 Å². The molecule has 0 bridgehead atoms. The van der Waals surface area contributed by atoms with Crippen molar-refractivity contribution in [2.75, 3.05) is 18.1 Å². The van der Waals surface area contributed by atoms with Crippen molar-refractivity contribution < 1.29 is 17.2 Å². The van der Waals surface area contributed by atoms with Crippen LogP contribution in [0, 0.1) is 11.3 Å². The van der Waals surface area contributed by atoms with Crippen molar-refractivity contribution in [3.63, 3.8) is 0 Å². The van der Waals surface area contributed by atoms with E-state index in [-0.39, 0.29) is 35.7 Å². The molecule has 0 amide bonds. The molecule has 0 aromatic rings. The highest BCUT2D eigenvalue weighted by molar-refractivity contribution is 7.91. The van der Waals surface area contributed by atoms with Gasteiger partial charge in [0.05, 0.1) is 11.5 Å². The summed E-state index contributed by atoms with van der Waals surface area (Å²) in [6.07, 6.45) is 1.000. The number of alkyl halides is 2. The van der Waals surface area contributed by atoms with Gasteiger partial charge in [-0.1, -0.05) is 0 Å². The molecule has 0 radical (unpaired) electrons. The Bertz CT molecular complexity index is 384. The van der Waals surface area contributed by atoms with Gasteiger partial charge in [0.15, 0.2) is 9.84 Å². The summed E-state index contributed by atoms with van der Waals surface area (Å²) in [5, 5.41) is 0. The average molecular weight is 267 g/mol. The van der Waals surface area contributed by atoms with Gasteiger partial charge < -0.3 is 5.73 Å². The lowest BCUT2D eigenvalue weighted by molar-refractivity contribution is -0.0761. The molecule has 2 rings (SSSR count). The van der Waals surface area contributed by atoms with E-state index < -0.39 is 15.8 Å². The summed E-state index contributed by atoms with van der Waals surface area (Å²) in [6.45, 7) is 0.323. The molecule has 0 spiro atoms. The van der Waals surface area contributed by atoms with Crippen LogP contribution in [0.4, 0.5) is 8.78 Å². The molecular formula is C11H19F2NO2S. The van der Waals surface area contributed by atoms with Gasteiger partial charge in [0.2, 0.25) is 5.92 Å². The molecule has 1 unspecified atom stereocenters. The standard InChI is InChI=1S/C11H19F2NO2S/c12-11(13)4-2-10(8-14,3-5-11)9-1-6-17(15,16)7-9/h9H,1-8,14H2. The predicted octanol–water partition coefficient (Wildman–Crippen LogP) is 1.58. The van der Waals surface area contributed by atoms with Crippen LogP contribution in [0.3, 0.4) is 0 Å². The Hall–Kier alpha value is -0.230. The lowest BCUT2D eigenvalue weighted by atomic mass is 9.65. The summed E-state index contributed by atoms with van der Waals surface area (Å²) in [5.74, 6) is -2.28. The highest BCUT2D eigenvalue weighted by Crippen LogP contribution is 2.50. The zero-order valence-electron chi connectivity index (χ0n) is 9.79. The topological polar surface area (TPSA) is 60.2 Å². The molecule has 1 atom stereocenters. The molecule has 6 heteroatoms. The zero-order valence-corrected chi connectivity index (χ0v) is 10.6. The van der Waals surface area contributed by atoms with Crippen molar-refractivity contribution >= 4 is 9.84 Å². The second-order valence-electron chi connectivity index (χ2n) is 5.52. The summed E-state index contributed by atoms with van der Waals surface area (Å²) >= 11 is 0. The fraction of sp³-hybridized carbons (Fsp3) is 1.00. The number of hydrogen-bond donors (Lipinski definition) is 1. The number of sulfone groups is 1. The molecule has 2 fully saturated rings. The van der Waals surface area contributed by atoms with Crippen LogP contribution in [-0.2, 0) is 9.84 Å². The van der Waals surface area contributed by atoms with Crippen LogP contribution in [0.5, 0.6) is 0 Å². The first kappa shape index (κ1) is 13.2. The molecule has 1 heterocycles. The summed E-state index contributed by atoms with van der Waals surface area (Å²) in [5.41, 5.74) is 5.39. The van der Waals surface area contributed by atoms with E-state index >= 15 is 0 Å². The van der Waals surface area contributed by atoms with Crippen molar-refractivity contribution in [3.05, 3.63) is 0 Å². The van der Waals surface area contributed by atoms with Gasteiger partial charge in [-0.15, -0.1) is 0 Å². The summed E-state index contributed by atoms with van der Waals surface area (Å²) in [6, 6.07) is 0. The van der Waals surface area contributed by atoms with Crippen molar-refractivity contribution in [3.8, 4) is 0 Å². The molecule has 1 saturated heterocycles. The van der Waals surface area contributed by atoms with E-state index in [4.69, 9.17) is 5.73 Å². The predicted molar refractivity (Wildman–Crippen MR) is 61.7 cm³/mol. The maximum absolute atomic E-state index is 13.2. The first-order valence-electron chi connectivity index (χ1n) is 6.07. The van der Waals surface area contributed by atoms with Gasteiger partial charge in [-0.25, -0.2) is 17.2 Å². The number of rotatable bonds is 2. The fourth-order valence-corrected chi connectivity index (χ4v) is 5.11. The first-order chi connectivity index (χ1) is 7.79. The Labute approximate surface area is 101 Å². The summed E-state index contributed by atoms with van der Waals surface area (Å²) in [4.78, 5) is 0.